The Bertz CT molecular complexity index is 1140. The molecule has 198 valence electrons. The maximum atomic E-state index is 14.5. The van der Waals surface area contributed by atoms with Gasteiger partial charge in [-0.1, -0.05) is 130 Å². The quantitative estimate of drug-likeness (QED) is 0.402. The van der Waals surface area contributed by atoms with E-state index in [0.717, 1.165) is 67.3 Å². The third kappa shape index (κ3) is 5.81. The third-order valence-corrected chi connectivity index (χ3v) is 12.1. The van der Waals surface area contributed by atoms with E-state index < -0.39 is 6.89 Å². The SMILES string of the molecule is O=C(C=P(c1ccccc1)(c1ccccc1)c1ccccc1)N(C(=O)NC1CCCCC1)C1CCCCC1. The minimum Gasteiger partial charge on any atom is -0.335 e. The number of benzene rings is 3. The van der Waals surface area contributed by atoms with Gasteiger partial charge in [-0.05, 0) is 48.5 Å². The third-order valence-electron chi connectivity index (χ3n) is 8.12. The minimum absolute atomic E-state index is 0.0553. The summed E-state index contributed by atoms with van der Waals surface area (Å²) in [6.07, 6.45) is 10.5. The summed E-state index contributed by atoms with van der Waals surface area (Å²) in [6.45, 7) is -2.49. The van der Waals surface area contributed by atoms with Crippen molar-refractivity contribution >= 4 is 40.5 Å². The van der Waals surface area contributed by atoms with Gasteiger partial charge in [-0.15, -0.1) is 0 Å². The summed E-state index contributed by atoms with van der Waals surface area (Å²) >= 11 is 0. The van der Waals surface area contributed by atoms with E-state index in [-0.39, 0.29) is 24.0 Å². The van der Waals surface area contributed by atoms with Crippen molar-refractivity contribution in [3.63, 3.8) is 0 Å². The zero-order valence-electron chi connectivity index (χ0n) is 22.2. The number of carbonyl (C=O) groups is 2. The highest BCUT2D eigenvalue weighted by Gasteiger charge is 2.34. The molecule has 4 nitrogen and oxygen atoms in total. The van der Waals surface area contributed by atoms with Crippen molar-refractivity contribution in [1.29, 1.82) is 0 Å². The Morgan fingerprint density at radius 3 is 1.50 bits per heavy atom. The van der Waals surface area contributed by atoms with Crippen LogP contribution in [0.4, 0.5) is 4.79 Å². The number of urea groups is 1. The first-order valence-corrected chi connectivity index (χ1v) is 16.1. The standard InChI is InChI=1S/C33H39N2O2P/c36-32(35(28-18-8-2-9-19-28)33(37)34-27-16-6-1-7-17-27)26-38(29-20-10-3-11-21-29,30-22-12-4-13-23-30)31-24-14-5-15-25-31/h3-5,10-15,20-28H,1-2,6-9,16-19H2,(H,34,37). The van der Waals surface area contributed by atoms with Crippen molar-refractivity contribution < 1.29 is 9.59 Å². The van der Waals surface area contributed by atoms with Gasteiger partial charge >= 0.3 is 6.03 Å². The highest BCUT2D eigenvalue weighted by molar-refractivity contribution is 7.95. The van der Waals surface area contributed by atoms with E-state index in [4.69, 9.17) is 0 Å². The first-order chi connectivity index (χ1) is 18.7. The molecule has 0 aliphatic heterocycles. The Labute approximate surface area is 227 Å². The summed E-state index contributed by atoms with van der Waals surface area (Å²) in [5, 5.41) is 6.60. The predicted octanol–water partition coefficient (Wildman–Crippen LogP) is 5.99. The monoisotopic (exact) mass is 526 g/mol. The lowest BCUT2D eigenvalue weighted by atomic mass is 9.94. The fraction of sp³-hybridized carbons (Fsp3) is 0.364. The Morgan fingerprint density at radius 1 is 0.632 bits per heavy atom. The zero-order chi connectivity index (χ0) is 26.2. The molecular formula is C33H39N2O2P. The number of hydrogen-bond donors (Lipinski definition) is 1. The molecule has 2 saturated carbocycles. The van der Waals surface area contributed by atoms with Crippen LogP contribution in [0.5, 0.6) is 0 Å². The second-order valence-electron chi connectivity index (χ2n) is 10.6. The number of carbonyl (C=O) groups excluding carboxylic acids is 2. The highest BCUT2D eigenvalue weighted by atomic mass is 31.2. The predicted molar refractivity (Wildman–Crippen MR) is 160 cm³/mol. The summed E-state index contributed by atoms with van der Waals surface area (Å²) in [5.41, 5.74) is 0. The molecular weight excluding hydrogens is 487 g/mol. The van der Waals surface area contributed by atoms with Gasteiger partial charge in [-0.3, -0.25) is 9.69 Å². The molecule has 1 N–H and O–H groups in total. The van der Waals surface area contributed by atoms with Crippen LogP contribution < -0.4 is 21.2 Å². The van der Waals surface area contributed by atoms with E-state index in [9.17, 15) is 9.59 Å². The lowest BCUT2D eigenvalue weighted by molar-refractivity contribution is -0.123. The number of nitrogens with one attached hydrogen (secondary N) is 1. The first-order valence-electron chi connectivity index (χ1n) is 14.2. The molecule has 38 heavy (non-hydrogen) atoms. The fourth-order valence-electron chi connectivity index (χ4n) is 6.16. The van der Waals surface area contributed by atoms with E-state index in [1.807, 2.05) is 60.4 Å². The number of hydrogen-bond acceptors (Lipinski definition) is 2. The van der Waals surface area contributed by atoms with Gasteiger partial charge in [0, 0.05) is 17.9 Å². The smallest absolute Gasteiger partial charge is 0.324 e. The Kier molecular flexibility index (Phi) is 8.81. The van der Waals surface area contributed by atoms with Crippen molar-refractivity contribution in [1.82, 2.24) is 10.2 Å². The van der Waals surface area contributed by atoms with Gasteiger partial charge in [0.05, 0.1) is 0 Å². The molecule has 5 heteroatoms. The van der Waals surface area contributed by atoms with E-state index in [2.05, 4.69) is 41.7 Å². The normalized spacial score (nSPS) is 16.9. The molecule has 2 fully saturated rings. The molecule has 0 bridgehead atoms. The summed E-state index contributed by atoms with van der Waals surface area (Å²) < 4.78 is 0. The fourth-order valence-corrected chi connectivity index (χ4v) is 9.89. The van der Waals surface area contributed by atoms with E-state index in [1.54, 1.807) is 4.90 Å². The molecule has 3 aromatic rings. The second kappa shape index (κ2) is 12.6. The van der Waals surface area contributed by atoms with Crippen LogP contribution in [0.25, 0.3) is 0 Å². The Balaban J connectivity index is 1.65. The summed E-state index contributed by atoms with van der Waals surface area (Å²) in [4.78, 5) is 29.9. The van der Waals surface area contributed by atoms with Crippen molar-refractivity contribution in [2.75, 3.05) is 0 Å². The molecule has 2 aliphatic carbocycles. The number of amides is 3. The molecule has 0 radical (unpaired) electrons. The van der Waals surface area contributed by atoms with Gasteiger partial charge < -0.3 is 5.32 Å². The Morgan fingerprint density at radius 2 is 1.05 bits per heavy atom. The average Bonchev–Trinajstić information content (AvgIpc) is 2.98. The molecule has 3 aromatic carbocycles. The maximum Gasteiger partial charge on any atom is 0.324 e. The number of nitrogens with zero attached hydrogens (tertiary/aromatic N) is 1. The molecule has 0 atom stereocenters. The maximum absolute atomic E-state index is 14.5. The molecule has 0 aromatic heterocycles. The highest BCUT2D eigenvalue weighted by Crippen LogP contribution is 2.44. The van der Waals surface area contributed by atoms with E-state index >= 15 is 0 Å². The Hall–Kier alpha value is -3.10. The average molecular weight is 527 g/mol. The lowest BCUT2D eigenvalue weighted by Gasteiger charge is -2.35. The van der Waals surface area contributed by atoms with Crippen molar-refractivity contribution in [2.45, 2.75) is 76.3 Å². The molecule has 0 spiro atoms. The van der Waals surface area contributed by atoms with Gasteiger partial charge in [-0.25, -0.2) is 4.79 Å². The van der Waals surface area contributed by atoms with Crippen LogP contribution in [0.15, 0.2) is 91.0 Å². The van der Waals surface area contributed by atoms with Gasteiger partial charge in [0.15, 0.2) is 0 Å². The molecule has 5 rings (SSSR count). The molecule has 0 saturated heterocycles. The molecule has 2 aliphatic rings. The van der Waals surface area contributed by atoms with Gasteiger partial charge in [-0.2, -0.15) is 0 Å². The first kappa shape index (κ1) is 26.5. The van der Waals surface area contributed by atoms with Crippen LogP contribution in [-0.2, 0) is 4.79 Å². The zero-order valence-corrected chi connectivity index (χ0v) is 23.1. The van der Waals surface area contributed by atoms with Crippen LogP contribution in [0.1, 0.15) is 64.2 Å². The van der Waals surface area contributed by atoms with E-state index in [0.29, 0.717) is 0 Å². The topological polar surface area (TPSA) is 49.4 Å². The van der Waals surface area contributed by atoms with Crippen molar-refractivity contribution in [3.8, 4) is 0 Å². The minimum atomic E-state index is -2.49. The number of imide groups is 1. The van der Waals surface area contributed by atoms with Crippen LogP contribution in [0.2, 0.25) is 0 Å². The molecule has 0 heterocycles. The summed E-state index contributed by atoms with van der Waals surface area (Å²) in [6, 6.07) is 31.0. The van der Waals surface area contributed by atoms with Gasteiger partial charge in [0.2, 0.25) is 0 Å². The van der Waals surface area contributed by atoms with Crippen LogP contribution >= 0.6 is 6.89 Å². The van der Waals surface area contributed by atoms with Crippen molar-refractivity contribution in [3.05, 3.63) is 91.0 Å². The van der Waals surface area contributed by atoms with Gasteiger partial charge in [0.25, 0.3) is 5.91 Å². The van der Waals surface area contributed by atoms with Crippen molar-refractivity contribution in [2.24, 2.45) is 0 Å². The summed E-state index contributed by atoms with van der Waals surface area (Å²) in [5.74, 6) is 1.75. The lowest BCUT2D eigenvalue weighted by Crippen LogP contribution is -2.53. The van der Waals surface area contributed by atoms with Crippen LogP contribution in [0, 0.1) is 0 Å². The largest absolute Gasteiger partial charge is 0.335 e. The van der Waals surface area contributed by atoms with Crippen LogP contribution in [-0.4, -0.2) is 34.7 Å². The summed E-state index contributed by atoms with van der Waals surface area (Å²) in [7, 11) is 0. The number of rotatable bonds is 6. The molecule has 3 amide bonds. The second-order valence-corrected chi connectivity index (χ2v) is 13.9. The van der Waals surface area contributed by atoms with Crippen LogP contribution in [0.3, 0.4) is 0 Å². The molecule has 0 unspecified atom stereocenters. The van der Waals surface area contributed by atoms with E-state index in [1.165, 1.54) is 12.8 Å². The van der Waals surface area contributed by atoms with Gasteiger partial charge in [0.1, 0.15) is 0 Å².